The molecule has 3 fully saturated rings. The summed E-state index contributed by atoms with van der Waals surface area (Å²) in [5, 5.41) is 2.76. The molecule has 1 saturated carbocycles. The monoisotopic (exact) mass is 301 g/mol. The van der Waals surface area contributed by atoms with Crippen LogP contribution in [-0.4, -0.2) is 56.2 Å². The molecule has 114 valence electrons. The fraction of sp³-hybridized carbons (Fsp3) is 0.923. The van der Waals surface area contributed by atoms with Crippen molar-refractivity contribution in [1.29, 1.82) is 0 Å². The molecule has 1 atom stereocenters. The lowest BCUT2D eigenvalue weighted by Gasteiger charge is -2.38. The minimum absolute atomic E-state index is 0.00950. The topological polar surface area (TPSA) is 78.5 Å². The lowest BCUT2D eigenvalue weighted by molar-refractivity contribution is -0.128. The number of carbonyl (C=O) groups excluding carboxylic acids is 1. The van der Waals surface area contributed by atoms with E-state index in [1.165, 1.54) is 0 Å². The zero-order valence-corrected chi connectivity index (χ0v) is 12.5. The van der Waals surface area contributed by atoms with Gasteiger partial charge >= 0.3 is 0 Å². The van der Waals surface area contributed by atoms with Crippen molar-refractivity contribution in [1.82, 2.24) is 14.9 Å². The normalized spacial score (nSPS) is 30.2. The van der Waals surface area contributed by atoms with E-state index in [1.807, 2.05) is 0 Å². The molecule has 2 aliphatic heterocycles. The molecular weight excluding hydrogens is 278 g/mol. The van der Waals surface area contributed by atoms with Crippen LogP contribution in [0.3, 0.4) is 0 Å². The van der Waals surface area contributed by atoms with E-state index in [4.69, 9.17) is 0 Å². The van der Waals surface area contributed by atoms with Crippen LogP contribution in [-0.2, 0) is 14.8 Å². The third kappa shape index (κ3) is 3.15. The molecule has 0 spiro atoms. The van der Waals surface area contributed by atoms with Crippen LogP contribution in [0.5, 0.6) is 0 Å². The van der Waals surface area contributed by atoms with Gasteiger partial charge in [-0.1, -0.05) is 0 Å². The van der Waals surface area contributed by atoms with Crippen LogP contribution in [0.4, 0.5) is 0 Å². The summed E-state index contributed by atoms with van der Waals surface area (Å²) in [4.78, 5) is 14.0. The van der Waals surface area contributed by atoms with Crippen LogP contribution >= 0.6 is 0 Å². The summed E-state index contributed by atoms with van der Waals surface area (Å²) in [6, 6.07) is 0.0354. The fourth-order valence-corrected chi connectivity index (χ4v) is 4.79. The van der Waals surface area contributed by atoms with Crippen molar-refractivity contribution >= 4 is 15.9 Å². The number of sulfonamides is 1. The molecule has 0 aromatic rings. The average molecular weight is 301 g/mol. The molecule has 2 heterocycles. The third-order valence-electron chi connectivity index (χ3n) is 4.52. The second kappa shape index (κ2) is 5.61. The van der Waals surface area contributed by atoms with Gasteiger partial charge < -0.3 is 5.32 Å². The molecule has 0 bridgehead atoms. The average Bonchev–Trinajstić information content (AvgIpc) is 3.25. The first-order chi connectivity index (χ1) is 9.56. The molecule has 1 unspecified atom stereocenters. The first-order valence-corrected chi connectivity index (χ1v) is 9.14. The van der Waals surface area contributed by atoms with Gasteiger partial charge in [-0.3, -0.25) is 9.69 Å². The SMILES string of the molecule is O=C1NCCCC1N1CCC(NS(=O)(=O)C2CC2)CC1. The number of rotatable bonds is 4. The van der Waals surface area contributed by atoms with Gasteiger partial charge in [0.05, 0.1) is 11.3 Å². The molecule has 6 nitrogen and oxygen atoms in total. The van der Waals surface area contributed by atoms with Gasteiger partial charge in [-0.25, -0.2) is 13.1 Å². The van der Waals surface area contributed by atoms with Crippen molar-refractivity contribution in [2.75, 3.05) is 19.6 Å². The van der Waals surface area contributed by atoms with E-state index in [1.54, 1.807) is 0 Å². The predicted molar refractivity (Wildman–Crippen MR) is 75.7 cm³/mol. The van der Waals surface area contributed by atoms with E-state index in [9.17, 15) is 13.2 Å². The summed E-state index contributed by atoms with van der Waals surface area (Å²) < 4.78 is 26.7. The summed E-state index contributed by atoms with van der Waals surface area (Å²) in [5.41, 5.74) is 0. The van der Waals surface area contributed by atoms with Crippen LogP contribution < -0.4 is 10.0 Å². The van der Waals surface area contributed by atoms with Crippen LogP contribution in [0.2, 0.25) is 0 Å². The van der Waals surface area contributed by atoms with Crippen LogP contribution in [0, 0.1) is 0 Å². The first-order valence-electron chi connectivity index (χ1n) is 7.59. The summed E-state index contributed by atoms with van der Waals surface area (Å²) in [6.07, 6.45) is 5.16. The Morgan fingerprint density at radius 1 is 1.10 bits per heavy atom. The van der Waals surface area contributed by atoms with Crippen molar-refractivity contribution in [2.45, 2.75) is 55.9 Å². The molecule has 0 radical (unpaired) electrons. The second-order valence-corrected chi connectivity index (χ2v) is 8.11. The van der Waals surface area contributed by atoms with Crippen molar-refractivity contribution in [3.05, 3.63) is 0 Å². The highest BCUT2D eigenvalue weighted by atomic mass is 32.2. The number of amides is 1. The Labute approximate surface area is 120 Å². The van der Waals surface area contributed by atoms with Crippen LogP contribution in [0.25, 0.3) is 0 Å². The number of nitrogens with zero attached hydrogens (tertiary/aromatic N) is 1. The van der Waals surface area contributed by atoms with Gasteiger partial charge in [0.25, 0.3) is 0 Å². The standard InChI is InChI=1S/C13H23N3O3S/c17-13-12(2-1-7-14-13)16-8-5-10(6-9-16)15-20(18,19)11-3-4-11/h10-12,15H,1-9H2,(H,14,17). The Hall–Kier alpha value is -0.660. The van der Waals surface area contributed by atoms with Crippen molar-refractivity contribution in [2.24, 2.45) is 0 Å². The number of likely N-dealkylation sites (tertiary alicyclic amines) is 1. The fourth-order valence-electron chi connectivity index (χ4n) is 3.14. The largest absolute Gasteiger partial charge is 0.355 e. The molecule has 3 rings (SSSR count). The van der Waals surface area contributed by atoms with Gasteiger partial charge in [0, 0.05) is 25.7 Å². The number of hydrogen-bond donors (Lipinski definition) is 2. The van der Waals surface area contributed by atoms with Gasteiger partial charge in [0.2, 0.25) is 15.9 Å². The lowest BCUT2D eigenvalue weighted by atomic mass is 9.99. The van der Waals surface area contributed by atoms with Crippen molar-refractivity contribution in [3.8, 4) is 0 Å². The summed E-state index contributed by atoms with van der Waals surface area (Å²) in [5.74, 6) is 0.133. The zero-order valence-electron chi connectivity index (χ0n) is 11.7. The molecule has 3 aliphatic rings. The second-order valence-electron chi connectivity index (χ2n) is 6.12. The number of carbonyl (C=O) groups is 1. The highest BCUT2D eigenvalue weighted by molar-refractivity contribution is 7.90. The van der Waals surface area contributed by atoms with Gasteiger partial charge in [-0.05, 0) is 38.5 Å². The molecule has 7 heteroatoms. The van der Waals surface area contributed by atoms with E-state index in [-0.39, 0.29) is 23.2 Å². The molecule has 1 aliphatic carbocycles. The summed E-state index contributed by atoms with van der Waals surface area (Å²) in [7, 11) is -3.09. The van der Waals surface area contributed by atoms with Gasteiger partial charge in [0.15, 0.2) is 0 Å². The van der Waals surface area contributed by atoms with Crippen LogP contribution in [0.1, 0.15) is 38.5 Å². The molecule has 0 aromatic carbocycles. The van der Waals surface area contributed by atoms with Crippen molar-refractivity contribution < 1.29 is 13.2 Å². The maximum Gasteiger partial charge on any atom is 0.237 e. The Kier molecular flexibility index (Phi) is 4.01. The Morgan fingerprint density at radius 2 is 1.80 bits per heavy atom. The van der Waals surface area contributed by atoms with E-state index >= 15 is 0 Å². The Morgan fingerprint density at radius 3 is 2.40 bits per heavy atom. The highest BCUT2D eigenvalue weighted by Crippen LogP contribution is 2.28. The minimum atomic E-state index is -3.09. The van der Waals surface area contributed by atoms with E-state index in [0.717, 1.165) is 58.2 Å². The maximum absolute atomic E-state index is 11.9. The molecule has 2 N–H and O–H groups in total. The van der Waals surface area contributed by atoms with E-state index < -0.39 is 10.0 Å². The van der Waals surface area contributed by atoms with Gasteiger partial charge in [-0.2, -0.15) is 0 Å². The lowest BCUT2D eigenvalue weighted by Crippen LogP contribution is -2.54. The molecule has 2 saturated heterocycles. The molecular formula is C13H23N3O3S. The number of piperidine rings is 2. The summed E-state index contributed by atoms with van der Waals surface area (Å²) >= 11 is 0. The number of hydrogen-bond acceptors (Lipinski definition) is 4. The van der Waals surface area contributed by atoms with Gasteiger partial charge in [-0.15, -0.1) is 0 Å². The molecule has 20 heavy (non-hydrogen) atoms. The Balaban J connectivity index is 1.50. The quantitative estimate of drug-likeness (QED) is 0.754. The molecule has 1 amide bonds. The van der Waals surface area contributed by atoms with Gasteiger partial charge in [0.1, 0.15) is 0 Å². The number of nitrogens with one attached hydrogen (secondary N) is 2. The zero-order chi connectivity index (χ0) is 14.2. The van der Waals surface area contributed by atoms with Crippen LogP contribution in [0.15, 0.2) is 0 Å². The minimum Gasteiger partial charge on any atom is -0.355 e. The Bertz CT molecular complexity index is 467. The smallest absolute Gasteiger partial charge is 0.237 e. The van der Waals surface area contributed by atoms with Crippen molar-refractivity contribution in [3.63, 3.8) is 0 Å². The summed E-state index contributed by atoms with van der Waals surface area (Å²) in [6.45, 7) is 2.39. The maximum atomic E-state index is 11.9. The van der Waals surface area contributed by atoms with E-state index in [0.29, 0.717) is 0 Å². The third-order valence-corrected chi connectivity index (χ3v) is 6.53. The molecule has 0 aromatic heterocycles. The highest BCUT2D eigenvalue weighted by Gasteiger charge is 2.38. The first kappa shape index (κ1) is 14.3. The predicted octanol–water partition coefficient (Wildman–Crippen LogP) is -0.189. The van der Waals surface area contributed by atoms with E-state index in [2.05, 4.69) is 14.9 Å².